The molecule has 0 aliphatic carbocycles. The first kappa shape index (κ1) is 20.2. The van der Waals surface area contributed by atoms with Crippen molar-refractivity contribution in [1.82, 2.24) is 0 Å². The Morgan fingerprint density at radius 3 is 1.96 bits per heavy atom. The lowest BCUT2D eigenvalue weighted by atomic mass is 9.99. The summed E-state index contributed by atoms with van der Waals surface area (Å²) in [6.45, 7) is 8.64. The van der Waals surface area contributed by atoms with Gasteiger partial charge < -0.3 is 18.9 Å². The molecule has 2 saturated heterocycles. The Morgan fingerprint density at radius 2 is 1.42 bits per heavy atom. The van der Waals surface area contributed by atoms with Gasteiger partial charge in [0, 0.05) is 30.6 Å². The highest BCUT2D eigenvalue weighted by atomic mass is 31.1. The van der Waals surface area contributed by atoms with Gasteiger partial charge in [-0.3, -0.25) is 0 Å². The Bertz CT molecular complexity index is 421. The lowest BCUT2D eigenvalue weighted by Gasteiger charge is -2.17. The molecule has 2 rings (SSSR count). The highest BCUT2D eigenvalue weighted by molar-refractivity contribution is 7.33. The molecule has 140 valence electrons. The van der Waals surface area contributed by atoms with Crippen LogP contribution in [0.4, 0.5) is 0 Å². The Labute approximate surface area is 145 Å². The summed E-state index contributed by atoms with van der Waals surface area (Å²) in [4.78, 5) is 0. The van der Waals surface area contributed by atoms with Crippen LogP contribution in [0.1, 0.15) is 27.7 Å². The molecule has 0 radical (unpaired) electrons. The first-order chi connectivity index (χ1) is 11.4. The van der Waals surface area contributed by atoms with Gasteiger partial charge >= 0.3 is 8.25 Å². The number of rotatable bonds is 8. The van der Waals surface area contributed by atoms with E-state index in [4.69, 9.17) is 28.0 Å². The predicted molar refractivity (Wildman–Crippen MR) is 88.1 cm³/mol. The first-order valence-electron chi connectivity index (χ1n) is 8.48. The van der Waals surface area contributed by atoms with Crippen molar-refractivity contribution in [3.8, 4) is 0 Å². The van der Waals surface area contributed by atoms with Crippen molar-refractivity contribution in [3.05, 3.63) is 0 Å². The predicted octanol–water partition coefficient (Wildman–Crippen LogP) is 2.55. The Kier molecular flexibility index (Phi) is 7.56. The normalized spacial score (nSPS) is 43.3. The quantitative estimate of drug-likeness (QED) is 0.612. The number of hydrogen-bond donors (Lipinski definition) is 0. The van der Waals surface area contributed by atoms with Gasteiger partial charge in [0.05, 0.1) is 24.9 Å². The molecule has 0 N–H and O–H groups in total. The van der Waals surface area contributed by atoms with E-state index in [0.29, 0.717) is 6.61 Å². The molecule has 0 spiro atoms. The molecule has 2 heterocycles. The molecular weight excluding hydrogens is 335 g/mol. The molecule has 2 aliphatic rings. The van der Waals surface area contributed by atoms with E-state index >= 15 is 0 Å². The molecule has 0 bridgehead atoms. The lowest BCUT2D eigenvalue weighted by Crippen LogP contribution is -2.32. The molecule has 2 aliphatic heterocycles. The van der Waals surface area contributed by atoms with Crippen LogP contribution in [0, 0.1) is 11.8 Å². The third-order valence-electron chi connectivity index (χ3n) is 5.18. The first-order valence-corrected chi connectivity index (χ1v) is 9.58. The fourth-order valence-corrected chi connectivity index (χ4v) is 4.25. The van der Waals surface area contributed by atoms with Crippen molar-refractivity contribution < 1.29 is 32.6 Å². The van der Waals surface area contributed by atoms with Gasteiger partial charge in [0.1, 0.15) is 24.9 Å². The SMILES string of the molecule is COCC1OC(C)C(C)C1O[P+](=O)OCC1OC(C)C(C)C1OC. The minimum absolute atomic E-state index is 0.0243. The fourth-order valence-electron chi connectivity index (χ4n) is 3.39. The zero-order chi connectivity index (χ0) is 17.9. The minimum atomic E-state index is -2.26. The zero-order valence-corrected chi connectivity index (χ0v) is 16.2. The molecule has 9 unspecified atom stereocenters. The van der Waals surface area contributed by atoms with Crippen LogP contribution < -0.4 is 0 Å². The second-order valence-corrected chi connectivity index (χ2v) is 7.64. The molecule has 0 aromatic rings. The molecule has 2 fully saturated rings. The van der Waals surface area contributed by atoms with E-state index in [0.717, 1.165) is 0 Å². The topological polar surface area (TPSA) is 72.5 Å². The van der Waals surface area contributed by atoms with Gasteiger partial charge in [0.15, 0.2) is 0 Å². The second kappa shape index (κ2) is 8.99. The van der Waals surface area contributed by atoms with Crippen LogP contribution in [0.2, 0.25) is 0 Å². The van der Waals surface area contributed by atoms with E-state index in [1.54, 1.807) is 14.2 Å². The van der Waals surface area contributed by atoms with E-state index in [2.05, 4.69) is 6.92 Å². The number of ether oxygens (including phenoxy) is 4. The highest BCUT2D eigenvalue weighted by Gasteiger charge is 2.47. The summed E-state index contributed by atoms with van der Waals surface area (Å²) in [6, 6.07) is 0. The summed E-state index contributed by atoms with van der Waals surface area (Å²) in [5.41, 5.74) is 0. The van der Waals surface area contributed by atoms with Crippen molar-refractivity contribution >= 4 is 8.25 Å². The van der Waals surface area contributed by atoms with E-state index < -0.39 is 8.25 Å². The van der Waals surface area contributed by atoms with Crippen molar-refractivity contribution in [3.63, 3.8) is 0 Å². The molecular formula is C16H30O7P+. The van der Waals surface area contributed by atoms with Crippen LogP contribution in [0.25, 0.3) is 0 Å². The van der Waals surface area contributed by atoms with Crippen molar-refractivity contribution in [2.24, 2.45) is 11.8 Å². The van der Waals surface area contributed by atoms with Crippen LogP contribution in [0.15, 0.2) is 0 Å². The highest BCUT2D eigenvalue weighted by Crippen LogP contribution is 2.38. The summed E-state index contributed by atoms with van der Waals surface area (Å²) in [6.07, 6.45) is -0.762. The average Bonchev–Trinajstić information content (AvgIpc) is 2.96. The van der Waals surface area contributed by atoms with E-state index in [1.165, 1.54) is 0 Å². The van der Waals surface area contributed by atoms with Crippen LogP contribution in [-0.2, 0) is 32.6 Å². The van der Waals surface area contributed by atoms with Gasteiger partial charge in [-0.05, 0) is 13.8 Å². The number of methoxy groups -OCH3 is 2. The van der Waals surface area contributed by atoms with E-state index in [-0.39, 0.29) is 55.1 Å². The summed E-state index contributed by atoms with van der Waals surface area (Å²) in [7, 11) is 0.995. The minimum Gasteiger partial charge on any atom is -0.382 e. The monoisotopic (exact) mass is 365 g/mol. The van der Waals surface area contributed by atoms with Crippen LogP contribution >= 0.6 is 8.25 Å². The molecule has 9 atom stereocenters. The maximum Gasteiger partial charge on any atom is 0.697 e. The zero-order valence-electron chi connectivity index (χ0n) is 15.3. The Balaban J connectivity index is 1.84. The van der Waals surface area contributed by atoms with Crippen molar-refractivity contribution in [2.45, 2.75) is 64.3 Å². The third kappa shape index (κ3) is 4.52. The van der Waals surface area contributed by atoms with Gasteiger partial charge in [-0.15, -0.1) is 9.05 Å². The average molecular weight is 365 g/mol. The summed E-state index contributed by atoms with van der Waals surface area (Å²) < 4.78 is 45.5. The largest absolute Gasteiger partial charge is 0.697 e. The molecule has 8 heteroatoms. The van der Waals surface area contributed by atoms with Gasteiger partial charge in [0.2, 0.25) is 0 Å². The maximum absolute atomic E-state index is 12.2. The van der Waals surface area contributed by atoms with Gasteiger partial charge in [-0.25, -0.2) is 0 Å². The second-order valence-electron chi connectivity index (χ2n) is 6.72. The van der Waals surface area contributed by atoms with E-state index in [9.17, 15) is 4.57 Å². The Hall–Kier alpha value is -0.140. The van der Waals surface area contributed by atoms with Crippen LogP contribution in [0.5, 0.6) is 0 Å². The molecule has 0 aromatic heterocycles. The Morgan fingerprint density at radius 1 is 0.875 bits per heavy atom. The van der Waals surface area contributed by atoms with Crippen LogP contribution in [0.3, 0.4) is 0 Å². The molecule has 7 nitrogen and oxygen atoms in total. The third-order valence-corrected chi connectivity index (χ3v) is 5.96. The standard InChI is InChI=1S/C16H30O7P/c1-9-11(3)22-14(15(9)19-6)8-20-24(17)23-16-10(2)12(4)21-13(16)7-18-5/h9-16H,7-8H2,1-6H3/q+1. The van der Waals surface area contributed by atoms with Crippen LogP contribution in [-0.4, -0.2) is 64.1 Å². The van der Waals surface area contributed by atoms with E-state index in [1.807, 2.05) is 20.8 Å². The summed E-state index contributed by atoms with van der Waals surface area (Å²) in [5, 5.41) is 0. The summed E-state index contributed by atoms with van der Waals surface area (Å²) >= 11 is 0. The molecule has 0 aromatic carbocycles. The van der Waals surface area contributed by atoms with Crippen molar-refractivity contribution in [2.75, 3.05) is 27.4 Å². The molecule has 24 heavy (non-hydrogen) atoms. The molecule has 0 saturated carbocycles. The van der Waals surface area contributed by atoms with Gasteiger partial charge in [0.25, 0.3) is 0 Å². The molecule has 0 amide bonds. The number of hydrogen-bond acceptors (Lipinski definition) is 7. The van der Waals surface area contributed by atoms with Gasteiger partial charge in [-0.2, -0.15) is 0 Å². The van der Waals surface area contributed by atoms with Crippen molar-refractivity contribution in [1.29, 1.82) is 0 Å². The lowest BCUT2D eigenvalue weighted by molar-refractivity contribution is -0.0360. The smallest absolute Gasteiger partial charge is 0.382 e. The maximum atomic E-state index is 12.2. The summed E-state index contributed by atoms with van der Waals surface area (Å²) in [5.74, 6) is 0.375. The fraction of sp³-hybridized carbons (Fsp3) is 1.00. The van der Waals surface area contributed by atoms with Gasteiger partial charge in [-0.1, -0.05) is 13.8 Å².